The number of ether oxygens (including phenoxy) is 1. The summed E-state index contributed by atoms with van der Waals surface area (Å²) in [6.45, 7) is 6.37. The number of hydrogen-bond acceptors (Lipinski definition) is 3. The van der Waals surface area contributed by atoms with Crippen LogP contribution in [-0.4, -0.2) is 16.9 Å². The first-order valence-corrected chi connectivity index (χ1v) is 7.04. The Kier molecular flexibility index (Phi) is 2.44. The maximum Gasteiger partial charge on any atom is 0.311 e. The number of aliphatic hydroxyl groups is 1. The Morgan fingerprint density at radius 2 is 2.17 bits per heavy atom. The highest BCUT2D eigenvalue weighted by molar-refractivity contribution is 5.76. The van der Waals surface area contributed by atoms with Crippen molar-refractivity contribution >= 4 is 5.97 Å². The summed E-state index contributed by atoms with van der Waals surface area (Å²) in [4.78, 5) is 11.9. The number of fused-ring (bicyclic) bond motifs is 3. The van der Waals surface area contributed by atoms with Crippen molar-refractivity contribution in [2.24, 2.45) is 23.2 Å². The molecule has 0 bridgehead atoms. The van der Waals surface area contributed by atoms with Gasteiger partial charge in [-0.1, -0.05) is 32.4 Å². The highest BCUT2D eigenvalue weighted by atomic mass is 16.7. The van der Waals surface area contributed by atoms with E-state index in [1.807, 2.05) is 6.92 Å². The molecule has 5 atom stereocenters. The maximum atomic E-state index is 11.9. The molecule has 0 aromatic carbocycles. The molecule has 3 rings (SSSR count). The number of carbonyl (C=O) groups excluding carboxylic acids is 1. The van der Waals surface area contributed by atoms with E-state index in [0.29, 0.717) is 12.3 Å². The van der Waals surface area contributed by atoms with Crippen LogP contribution in [0, 0.1) is 23.2 Å². The van der Waals surface area contributed by atoms with E-state index in [-0.39, 0.29) is 23.2 Å². The second kappa shape index (κ2) is 3.60. The van der Waals surface area contributed by atoms with E-state index in [2.05, 4.69) is 19.9 Å². The summed E-state index contributed by atoms with van der Waals surface area (Å²) in [5, 5.41) is 10.7. The molecule has 2 aliphatic carbocycles. The van der Waals surface area contributed by atoms with Crippen molar-refractivity contribution in [3.05, 3.63) is 11.6 Å². The Bertz CT molecular complexity index is 427. The summed E-state index contributed by atoms with van der Waals surface area (Å²) in [5.41, 5.74) is 1.35. The average Bonchev–Trinajstić information content (AvgIpc) is 2.53. The quantitative estimate of drug-likeness (QED) is 0.531. The van der Waals surface area contributed by atoms with Crippen LogP contribution in [0.2, 0.25) is 0 Å². The molecule has 0 radical (unpaired) electrons. The monoisotopic (exact) mass is 250 g/mol. The molecule has 3 nitrogen and oxygen atoms in total. The van der Waals surface area contributed by atoms with E-state index in [9.17, 15) is 9.90 Å². The molecule has 3 heteroatoms. The Morgan fingerprint density at radius 3 is 2.89 bits per heavy atom. The third kappa shape index (κ3) is 1.31. The van der Waals surface area contributed by atoms with Gasteiger partial charge >= 0.3 is 5.97 Å². The third-order valence-electron chi connectivity index (χ3n) is 5.74. The van der Waals surface area contributed by atoms with Crippen LogP contribution in [0.25, 0.3) is 0 Å². The van der Waals surface area contributed by atoms with Gasteiger partial charge in [0.25, 0.3) is 0 Å². The lowest BCUT2D eigenvalue weighted by Crippen LogP contribution is -2.53. The summed E-state index contributed by atoms with van der Waals surface area (Å²) in [5.74, 6) is -1.26. The minimum Gasteiger partial charge on any atom is -0.433 e. The number of carbonyl (C=O) groups is 1. The molecule has 1 heterocycles. The van der Waals surface area contributed by atoms with Gasteiger partial charge in [-0.3, -0.25) is 4.79 Å². The summed E-state index contributed by atoms with van der Waals surface area (Å²) < 4.78 is 5.32. The van der Waals surface area contributed by atoms with Crippen LogP contribution in [0.15, 0.2) is 11.6 Å². The van der Waals surface area contributed by atoms with Crippen LogP contribution in [-0.2, 0) is 9.53 Å². The molecule has 3 aliphatic rings. The van der Waals surface area contributed by atoms with Crippen molar-refractivity contribution in [1.82, 2.24) is 0 Å². The first-order chi connectivity index (χ1) is 8.39. The largest absolute Gasteiger partial charge is 0.433 e. The van der Waals surface area contributed by atoms with Crippen molar-refractivity contribution < 1.29 is 14.6 Å². The van der Waals surface area contributed by atoms with Gasteiger partial charge in [0, 0.05) is 17.8 Å². The molecule has 0 amide bonds. The first-order valence-electron chi connectivity index (χ1n) is 7.04. The van der Waals surface area contributed by atoms with Crippen LogP contribution < -0.4 is 0 Å². The number of esters is 1. The molecule has 1 saturated carbocycles. The molecule has 2 fully saturated rings. The molecule has 0 aromatic rings. The van der Waals surface area contributed by atoms with Gasteiger partial charge in [-0.05, 0) is 25.2 Å². The number of hydrogen-bond donors (Lipinski definition) is 1. The van der Waals surface area contributed by atoms with Crippen LogP contribution >= 0.6 is 0 Å². The lowest BCUT2D eigenvalue weighted by Gasteiger charge is -2.53. The van der Waals surface area contributed by atoms with Crippen molar-refractivity contribution in [1.29, 1.82) is 0 Å². The van der Waals surface area contributed by atoms with Crippen molar-refractivity contribution in [3.8, 4) is 0 Å². The van der Waals surface area contributed by atoms with E-state index in [1.54, 1.807) is 0 Å². The van der Waals surface area contributed by atoms with E-state index >= 15 is 0 Å². The maximum absolute atomic E-state index is 11.9. The highest BCUT2D eigenvalue weighted by Crippen LogP contribution is 2.61. The van der Waals surface area contributed by atoms with Gasteiger partial charge < -0.3 is 9.84 Å². The van der Waals surface area contributed by atoms with Crippen LogP contribution in [0.4, 0.5) is 0 Å². The van der Waals surface area contributed by atoms with Crippen LogP contribution in [0.5, 0.6) is 0 Å². The van der Waals surface area contributed by atoms with E-state index in [4.69, 9.17) is 4.74 Å². The van der Waals surface area contributed by atoms with Gasteiger partial charge in [0.1, 0.15) is 0 Å². The predicted molar refractivity (Wildman–Crippen MR) is 67.5 cm³/mol. The Hall–Kier alpha value is -0.830. The fraction of sp³-hybridized carbons (Fsp3) is 0.800. The molecule has 1 unspecified atom stereocenters. The van der Waals surface area contributed by atoms with Gasteiger partial charge in [-0.15, -0.1) is 0 Å². The smallest absolute Gasteiger partial charge is 0.311 e. The number of rotatable bonds is 0. The van der Waals surface area contributed by atoms with E-state index in [1.165, 1.54) is 5.57 Å². The van der Waals surface area contributed by atoms with Gasteiger partial charge in [0.05, 0.1) is 5.92 Å². The Labute approximate surface area is 108 Å². The van der Waals surface area contributed by atoms with E-state index < -0.39 is 5.79 Å². The zero-order valence-corrected chi connectivity index (χ0v) is 11.4. The molecular weight excluding hydrogens is 228 g/mol. The average molecular weight is 250 g/mol. The lowest BCUT2D eigenvalue weighted by atomic mass is 9.52. The van der Waals surface area contributed by atoms with Crippen LogP contribution in [0.3, 0.4) is 0 Å². The molecular formula is C15H22O3. The summed E-state index contributed by atoms with van der Waals surface area (Å²) in [7, 11) is 0. The zero-order valence-electron chi connectivity index (χ0n) is 11.4. The first kappa shape index (κ1) is 12.2. The van der Waals surface area contributed by atoms with Gasteiger partial charge in [-0.25, -0.2) is 0 Å². The van der Waals surface area contributed by atoms with Gasteiger partial charge in [-0.2, -0.15) is 0 Å². The van der Waals surface area contributed by atoms with Crippen molar-refractivity contribution in [2.45, 2.75) is 52.2 Å². The summed E-state index contributed by atoms with van der Waals surface area (Å²) in [6, 6.07) is 0. The normalized spacial score (nSPS) is 51.2. The third-order valence-corrected chi connectivity index (χ3v) is 5.74. The zero-order chi connectivity index (χ0) is 13.1. The molecule has 1 saturated heterocycles. The minimum atomic E-state index is -1.23. The standard InChI is InChI=1S/C15H22O3/c1-9-5-4-6-11-7-8-15(17)12(14(9,11)3)10(2)13(16)18-15/h6,9-10,12,17H,4-5,7-8H2,1-3H3/t9-,10-,12?,14+,15-/m0/s1. The molecule has 18 heavy (non-hydrogen) atoms. The second-order valence-electron chi connectivity index (χ2n) is 6.52. The van der Waals surface area contributed by atoms with Crippen molar-refractivity contribution in [2.75, 3.05) is 0 Å². The Morgan fingerprint density at radius 1 is 1.44 bits per heavy atom. The SMILES string of the molecule is C[C@@H]1C(=O)O[C@@]2(O)CCC3=CCC[C@H](C)[C@@]3(C)C12. The molecule has 1 aliphatic heterocycles. The molecule has 0 aromatic heterocycles. The molecule has 100 valence electrons. The fourth-order valence-electron chi connectivity index (χ4n) is 4.59. The van der Waals surface area contributed by atoms with Crippen molar-refractivity contribution in [3.63, 3.8) is 0 Å². The molecule has 1 N–H and O–H groups in total. The predicted octanol–water partition coefficient (Wildman–Crippen LogP) is 2.64. The molecule has 0 spiro atoms. The van der Waals surface area contributed by atoms with Gasteiger partial charge in [0.15, 0.2) is 0 Å². The fourth-order valence-corrected chi connectivity index (χ4v) is 4.59. The van der Waals surface area contributed by atoms with Crippen LogP contribution in [0.1, 0.15) is 46.5 Å². The Balaban J connectivity index is 2.11. The highest BCUT2D eigenvalue weighted by Gasteiger charge is 2.64. The second-order valence-corrected chi connectivity index (χ2v) is 6.52. The lowest BCUT2D eigenvalue weighted by molar-refractivity contribution is -0.229. The topological polar surface area (TPSA) is 46.5 Å². The number of allylic oxidation sites excluding steroid dienone is 2. The summed E-state index contributed by atoms with van der Waals surface area (Å²) in [6.07, 6.45) is 6.00. The summed E-state index contributed by atoms with van der Waals surface area (Å²) >= 11 is 0. The van der Waals surface area contributed by atoms with E-state index in [0.717, 1.165) is 19.3 Å². The minimum absolute atomic E-state index is 0.0865. The van der Waals surface area contributed by atoms with Gasteiger partial charge in [0.2, 0.25) is 5.79 Å².